The highest BCUT2D eigenvalue weighted by Gasteiger charge is 2.48. The number of fused-ring (bicyclic) bond motifs is 1. The molecule has 1 aromatic carbocycles. The molecule has 2 fully saturated rings. The van der Waals surface area contributed by atoms with E-state index in [2.05, 4.69) is 0 Å². The van der Waals surface area contributed by atoms with Gasteiger partial charge in [0.05, 0.1) is 6.61 Å². The van der Waals surface area contributed by atoms with Crippen molar-refractivity contribution < 1.29 is 29.5 Å². The molecule has 6 atom stereocenters. The number of benzene rings is 1. The number of rotatable bonds is 1. The maximum atomic E-state index is 9.94. The highest BCUT2D eigenvalue weighted by Crippen LogP contribution is 2.33. The summed E-state index contributed by atoms with van der Waals surface area (Å²) in [6.45, 7) is 0.186. The Morgan fingerprint density at radius 3 is 2.42 bits per heavy atom. The van der Waals surface area contributed by atoms with Gasteiger partial charge in [0, 0.05) is 5.56 Å². The Hall–Kier alpha value is -1.02. The van der Waals surface area contributed by atoms with Crippen LogP contribution in [0.4, 0.5) is 0 Å². The van der Waals surface area contributed by atoms with Crippen LogP contribution in [0.2, 0.25) is 0 Å². The molecular formula is C13H16O6. The lowest BCUT2D eigenvalue weighted by Crippen LogP contribution is -2.61. The smallest absolute Gasteiger partial charge is 0.184 e. The Labute approximate surface area is 110 Å². The van der Waals surface area contributed by atoms with Crippen molar-refractivity contribution in [3.05, 3.63) is 35.9 Å². The van der Waals surface area contributed by atoms with Gasteiger partial charge in [0.25, 0.3) is 0 Å². The summed E-state index contributed by atoms with van der Waals surface area (Å²) in [7, 11) is 0. The summed E-state index contributed by atoms with van der Waals surface area (Å²) < 4.78 is 16.3. The first kappa shape index (κ1) is 13.0. The van der Waals surface area contributed by atoms with Crippen LogP contribution in [0.3, 0.4) is 0 Å². The lowest BCUT2D eigenvalue weighted by Gasteiger charge is -2.45. The second-order valence-electron chi connectivity index (χ2n) is 4.72. The molecule has 104 valence electrons. The van der Waals surface area contributed by atoms with Gasteiger partial charge >= 0.3 is 0 Å². The summed E-state index contributed by atoms with van der Waals surface area (Å²) >= 11 is 0. The zero-order valence-corrected chi connectivity index (χ0v) is 10.1. The van der Waals surface area contributed by atoms with Gasteiger partial charge in [-0.1, -0.05) is 30.3 Å². The third kappa shape index (κ3) is 2.38. The van der Waals surface area contributed by atoms with Crippen LogP contribution in [-0.2, 0) is 14.2 Å². The van der Waals surface area contributed by atoms with E-state index in [1.165, 1.54) is 0 Å². The van der Waals surface area contributed by atoms with Crippen molar-refractivity contribution in [1.29, 1.82) is 0 Å². The third-order valence-electron chi connectivity index (χ3n) is 3.42. The molecule has 6 heteroatoms. The van der Waals surface area contributed by atoms with Crippen LogP contribution in [0.5, 0.6) is 0 Å². The maximum Gasteiger partial charge on any atom is 0.184 e. The predicted octanol–water partition coefficient (Wildman–Crippen LogP) is -0.460. The van der Waals surface area contributed by atoms with Crippen LogP contribution in [0, 0.1) is 0 Å². The van der Waals surface area contributed by atoms with Crippen molar-refractivity contribution in [2.24, 2.45) is 0 Å². The van der Waals surface area contributed by atoms with Gasteiger partial charge in [0.1, 0.15) is 24.4 Å². The average Bonchev–Trinajstić information content (AvgIpc) is 2.46. The third-order valence-corrected chi connectivity index (χ3v) is 3.42. The lowest BCUT2D eigenvalue weighted by molar-refractivity contribution is -0.354. The van der Waals surface area contributed by atoms with Crippen LogP contribution >= 0.6 is 0 Å². The van der Waals surface area contributed by atoms with E-state index in [-0.39, 0.29) is 6.61 Å². The summed E-state index contributed by atoms with van der Waals surface area (Å²) in [6.07, 6.45) is -5.93. The molecule has 0 spiro atoms. The van der Waals surface area contributed by atoms with E-state index in [1.807, 2.05) is 30.3 Å². The minimum absolute atomic E-state index is 0.186. The fourth-order valence-electron chi connectivity index (χ4n) is 2.37. The SMILES string of the molecule is O[C@@H]1[C@H](O)[C@@H]2O[C@H](c3ccccc3)OC[C@H]2O[C@@H]1O. The number of hydrogen-bond acceptors (Lipinski definition) is 6. The number of hydrogen-bond donors (Lipinski definition) is 3. The van der Waals surface area contributed by atoms with Crippen molar-refractivity contribution in [3.63, 3.8) is 0 Å². The van der Waals surface area contributed by atoms with Gasteiger partial charge in [-0.05, 0) is 0 Å². The molecule has 2 aliphatic rings. The quantitative estimate of drug-likeness (QED) is 0.639. The minimum atomic E-state index is -1.42. The molecule has 6 nitrogen and oxygen atoms in total. The van der Waals surface area contributed by atoms with Crippen molar-refractivity contribution in [1.82, 2.24) is 0 Å². The average molecular weight is 268 g/mol. The fourth-order valence-corrected chi connectivity index (χ4v) is 2.37. The van der Waals surface area contributed by atoms with E-state index in [0.717, 1.165) is 5.56 Å². The van der Waals surface area contributed by atoms with Gasteiger partial charge < -0.3 is 29.5 Å². The Morgan fingerprint density at radius 2 is 1.68 bits per heavy atom. The largest absolute Gasteiger partial charge is 0.387 e. The van der Waals surface area contributed by atoms with Crippen molar-refractivity contribution in [2.75, 3.05) is 6.61 Å². The van der Waals surface area contributed by atoms with Crippen molar-refractivity contribution in [3.8, 4) is 0 Å². The molecule has 3 rings (SSSR count). The molecule has 0 unspecified atom stereocenters. The molecular weight excluding hydrogens is 252 g/mol. The van der Waals surface area contributed by atoms with Gasteiger partial charge in [0.2, 0.25) is 0 Å². The summed E-state index contributed by atoms with van der Waals surface area (Å²) in [4.78, 5) is 0. The van der Waals surface area contributed by atoms with E-state index in [0.29, 0.717) is 0 Å². The van der Waals surface area contributed by atoms with Crippen LogP contribution in [0.1, 0.15) is 11.9 Å². The van der Waals surface area contributed by atoms with E-state index < -0.39 is 37.0 Å². The second-order valence-corrected chi connectivity index (χ2v) is 4.72. The first-order chi connectivity index (χ1) is 9.16. The van der Waals surface area contributed by atoms with Crippen LogP contribution in [-0.4, -0.2) is 52.6 Å². The van der Waals surface area contributed by atoms with Crippen molar-refractivity contribution in [2.45, 2.75) is 37.0 Å². The van der Waals surface area contributed by atoms with E-state index in [1.54, 1.807) is 0 Å². The summed E-state index contributed by atoms with van der Waals surface area (Å²) in [5, 5.41) is 29.0. The summed E-state index contributed by atoms with van der Waals surface area (Å²) in [5.41, 5.74) is 0.828. The number of ether oxygens (including phenoxy) is 3. The van der Waals surface area contributed by atoms with Crippen molar-refractivity contribution >= 4 is 0 Å². The van der Waals surface area contributed by atoms with Gasteiger partial charge in [-0.15, -0.1) is 0 Å². The molecule has 0 amide bonds. The number of aliphatic hydroxyl groups is 3. The van der Waals surface area contributed by atoms with E-state index >= 15 is 0 Å². The van der Waals surface area contributed by atoms with Gasteiger partial charge in [-0.3, -0.25) is 0 Å². The molecule has 0 radical (unpaired) electrons. The van der Waals surface area contributed by atoms with Crippen LogP contribution < -0.4 is 0 Å². The Kier molecular flexibility index (Phi) is 3.53. The molecule has 2 aliphatic heterocycles. The normalized spacial score (nSPS) is 42.7. The Bertz CT molecular complexity index is 422. The topological polar surface area (TPSA) is 88.4 Å². The minimum Gasteiger partial charge on any atom is -0.387 e. The molecule has 1 aromatic rings. The highest BCUT2D eigenvalue weighted by atomic mass is 16.7. The second kappa shape index (κ2) is 5.16. The molecule has 0 aliphatic carbocycles. The van der Waals surface area contributed by atoms with Gasteiger partial charge in [-0.25, -0.2) is 0 Å². The molecule has 2 heterocycles. The predicted molar refractivity (Wildman–Crippen MR) is 62.9 cm³/mol. The molecule has 0 bridgehead atoms. The van der Waals surface area contributed by atoms with Crippen LogP contribution in [0.15, 0.2) is 30.3 Å². The maximum absolute atomic E-state index is 9.94. The molecule has 19 heavy (non-hydrogen) atoms. The van der Waals surface area contributed by atoms with Crippen LogP contribution in [0.25, 0.3) is 0 Å². The molecule has 2 saturated heterocycles. The van der Waals surface area contributed by atoms with E-state index in [4.69, 9.17) is 14.2 Å². The first-order valence-electron chi connectivity index (χ1n) is 6.18. The summed E-state index contributed by atoms with van der Waals surface area (Å²) in [5.74, 6) is 0. The zero-order chi connectivity index (χ0) is 13.4. The Morgan fingerprint density at radius 1 is 0.947 bits per heavy atom. The fraction of sp³-hybridized carbons (Fsp3) is 0.538. The standard InChI is InChI=1S/C13H16O6/c14-9-10(15)12(16)18-8-6-17-13(19-11(8)9)7-4-2-1-3-5-7/h1-5,8-16H,6H2/t8-,9+,10-,11-,12+,13-/m1/s1. The monoisotopic (exact) mass is 268 g/mol. The first-order valence-corrected chi connectivity index (χ1v) is 6.18. The zero-order valence-electron chi connectivity index (χ0n) is 10.1. The van der Waals surface area contributed by atoms with Gasteiger partial charge in [0.15, 0.2) is 12.6 Å². The molecule has 3 N–H and O–H groups in total. The molecule has 0 aromatic heterocycles. The lowest BCUT2D eigenvalue weighted by atomic mass is 9.98. The summed E-state index contributed by atoms with van der Waals surface area (Å²) in [6, 6.07) is 9.31. The van der Waals surface area contributed by atoms with Gasteiger partial charge in [-0.2, -0.15) is 0 Å². The van der Waals surface area contributed by atoms with E-state index in [9.17, 15) is 15.3 Å². The Balaban J connectivity index is 1.75. The number of aliphatic hydroxyl groups excluding tert-OH is 3. The highest BCUT2D eigenvalue weighted by molar-refractivity contribution is 5.16. The molecule has 0 saturated carbocycles.